The van der Waals surface area contributed by atoms with Crippen LogP contribution in [0.4, 0.5) is 0 Å². The summed E-state index contributed by atoms with van der Waals surface area (Å²) in [6, 6.07) is 8.77. The van der Waals surface area contributed by atoms with E-state index in [0.717, 1.165) is 18.9 Å². The van der Waals surface area contributed by atoms with Crippen molar-refractivity contribution in [1.82, 2.24) is 10.6 Å². The van der Waals surface area contributed by atoms with E-state index in [1.165, 1.54) is 17.4 Å². The highest BCUT2D eigenvalue weighted by Gasteiger charge is 2.13. The molecule has 1 aromatic carbocycles. The molecule has 0 saturated heterocycles. The van der Waals surface area contributed by atoms with Crippen LogP contribution in [-0.2, 0) is 21.7 Å². The Morgan fingerprint density at radius 1 is 1.19 bits per heavy atom. The van der Waals surface area contributed by atoms with Crippen molar-refractivity contribution in [3.8, 4) is 0 Å². The fraction of sp³-hybridized carbons (Fsp3) is 0.650. The third-order valence-corrected chi connectivity index (χ3v) is 5.12. The second-order valence-electron chi connectivity index (χ2n) is 7.92. The van der Waals surface area contributed by atoms with E-state index in [4.69, 9.17) is 0 Å². The van der Waals surface area contributed by atoms with E-state index in [0.29, 0.717) is 13.0 Å². The molecule has 1 rings (SSSR count). The lowest BCUT2D eigenvalue weighted by molar-refractivity contribution is 0.581. The lowest BCUT2D eigenvalue weighted by Crippen LogP contribution is -2.43. The molecule has 148 valence electrons. The lowest BCUT2D eigenvalue weighted by Gasteiger charge is -2.19. The summed E-state index contributed by atoms with van der Waals surface area (Å²) in [5, 5.41) is 6.50. The Labute approximate surface area is 159 Å². The van der Waals surface area contributed by atoms with Gasteiger partial charge >= 0.3 is 0 Å². The zero-order valence-corrected chi connectivity index (χ0v) is 17.9. The van der Waals surface area contributed by atoms with Crippen LogP contribution in [-0.4, -0.2) is 45.5 Å². The second-order valence-corrected chi connectivity index (χ2v) is 10.2. The van der Waals surface area contributed by atoms with Gasteiger partial charge in [0.05, 0.1) is 5.75 Å². The Morgan fingerprint density at radius 2 is 1.81 bits per heavy atom. The molecular weight excluding hydrogens is 346 g/mol. The van der Waals surface area contributed by atoms with Crippen LogP contribution < -0.4 is 10.6 Å². The van der Waals surface area contributed by atoms with E-state index in [2.05, 4.69) is 60.7 Å². The molecule has 0 heterocycles. The van der Waals surface area contributed by atoms with Crippen LogP contribution in [0.15, 0.2) is 29.3 Å². The highest BCUT2D eigenvalue weighted by Crippen LogP contribution is 2.22. The number of rotatable bonds is 8. The van der Waals surface area contributed by atoms with Gasteiger partial charge < -0.3 is 10.6 Å². The third kappa shape index (κ3) is 9.22. The Kier molecular flexibility index (Phi) is 8.60. The normalized spacial score (nSPS) is 14.2. The molecule has 0 bridgehead atoms. The van der Waals surface area contributed by atoms with Gasteiger partial charge in [-0.2, -0.15) is 0 Å². The van der Waals surface area contributed by atoms with Crippen molar-refractivity contribution < 1.29 is 8.42 Å². The molecule has 0 aliphatic rings. The fourth-order valence-corrected chi connectivity index (χ4v) is 3.27. The Balaban J connectivity index is 2.58. The highest BCUT2D eigenvalue weighted by atomic mass is 32.2. The number of sulfone groups is 1. The summed E-state index contributed by atoms with van der Waals surface area (Å²) >= 11 is 0. The molecule has 0 amide bonds. The SMILES string of the molecule is CCNC(=NCCc1ccc(C(C)(C)C)cc1)NC(C)CCS(C)(=O)=O. The number of aliphatic imine (C=N–C) groups is 1. The molecule has 0 aromatic heterocycles. The van der Waals surface area contributed by atoms with Gasteiger partial charge in [0.1, 0.15) is 9.84 Å². The number of hydrogen-bond acceptors (Lipinski definition) is 3. The van der Waals surface area contributed by atoms with Crippen LogP contribution >= 0.6 is 0 Å². The van der Waals surface area contributed by atoms with Crippen molar-refractivity contribution >= 4 is 15.8 Å². The standard InChI is InChI=1S/C20H35N3O2S/c1-7-21-19(23-16(2)13-15-26(6,24)25)22-14-12-17-8-10-18(11-9-17)20(3,4)5/h8-11,16H,7,12-15H2,1-6H3,(H2,21,22,23). The number of hydrogen-bond donors (Lipinski definition) is 2. The first-order valence-corrected chi connectivity index (χ1v) is 11.4. The number of nitrogens with zero attached hydrogens (tertiary/aromatic N) is 1. The molecule has 0 fully saturated rings. The maximum absolute atomic E-state index is 11.3. The van der Waals surface area contributed by atoms with Gasteiger partial charge in [-0.1, -0.05) is 45.0 Å². The van der Waals surface area contributed by atoms with Gasteiger partial charge in [0.15, 0.2) is 5.96 Å². The maximum Gasteiger partial charge on any atom is 0.191 e. The molecular formula is C20H35N3O2S. The molecule has 6 heteroatoms. The van der Waals surface area contributed by atoms with E-state index < -0.39 is 9.84 Å². The first-order valence-electron chi connectivity index (χ1n) is 9.33. The maximum atomic E-state index is 11.3. The van der Waals surface area contributed by atoms with Crippen molar-refractivity contribution in [1.29, 1.82) is 0 Å². The molecule has 5 nitrogen and oxygen atoms in total. The van der Waals surface area contributed by atoms with E-state index in [9.17, 15) is 8.42 Å². The van der Waals surface area contributed by atoms with Crippen LogP contribution in [0.25, 0.3) is 0 Å². The molecule has 0 radical (unpaired) electrons. The Bertz CT molecular complexity index is 674. The molecule has 1 unspecified atom stereocenters. The molecule has 0 aliphatic heterocycles. The van der Waals surface area contributed by atoms with Gasteiger partial charge in [0, 0.05) is 25.4 Å². The van der Waals surface area contributed by atoms with Gasteiger partial charge in [0.2, 0.25) is 0 Å². The first kappa shape index (κ1) is 22.5. The number of guanidine groups is 1. The fourth-order valence-electron chi connectivity index (χ4n) is 2.48. The second kappa shape index (κ2) is 9.95. The summed E-state index contributed by atoms with van der Waals surface area (Å²) < 4.78 is 22.6. The minimum Gasteiger partial charge on any atom is -0.357 e. The summed E-state index contributed by atoms with van der Waals surface area (Å²) in [5.41, 5.74) is 2.77. The van der Waals surface area contributed by atoms with Crippen LogP contribution in [0.5, 0.6) is 0 Å². The van der Waals surface area contributed by atoms with Crippen LogP contribution in [0, 0.1) is 0 Å². The van der Waals surface area contributed by atoms with Gasteiger partial charge in [-0.25, -0.2) is 8.42 Å². The quantitative estimate of drug-likeness (QED) is 0.536. The predicted octanol–water partition coefficient (Wildman–Crippen LogP) is 2.90. The topological polar surface area (TPSA) is 70.6 Å². The minimum atomic E-state index is -2.93. The zero-order chi connectivity index (χ0) is 19.8. The first-order chi connectivity index (χ1) is 12.0. The van der Waals surface area contributed by atoms with Gasteiger partial charge in [0.25, 0.3) is 0 Å². The van der Waals surface area contributed by atoms with Crippen molar-refractivity contribution in [2.45, 2.75) is 58.9 Å². The molecule has 0 spiro atoms. The van der Waals surface area contributed by atoms with Crippen LogP contribution in [0.2, 0.25) is 0 Å². The average molecular weight is 382 g/mol. The van der Waals surface area contributed by atoms with E-state index in [1.807, 2.05) is 13.8 Å². The van der Waals surface area contributed by atoms with Crippen molar-refractivity contribution in [3.05, 3.63) is 35.4 Å². The smallest absolute Gasteiger partial charge is 0.191 e. The van der Waals surface area contributed by atoms with Gasteiger partial charge in [-0.15, -0.1) is 0 Å². The lowest BCUT2D eigenvalue weighted by atomic mass is 9.86. The monoisotopic (exact) mass is 381 g/mol. The Morgan fingerprint density at radius 3 is 2.31 bits per heavy atom. The molecule has 1 aromatic rings. The minimum absolute atomic E-state index is 0.0496. The largest absolute Gasteiger partial charge is 0.357 e. The van der Waals surface area contributed by atoms with E-state index >= 15 is 0 Å². The summed E-state index contributed by atoms with van der Waals surface area (Å²) in [7, 11) is -2.93. The summed E-state index contributed by atoms with van der Waals surface area (Å²) in [5.74, 6) is 0.917. The molecule has 0 saturated carbocycles. The molecule has 0 aliphatic carbocycles. The molecule has 26 heavy (non-hydrogen) atoms. The van der Waals surface area contributed by atoms with Gasteiger partial charge in [-0.3, -0.25) is 4.99 Å². The number of nitrogens with one attached hydrogen (secondary N) is 2. The molecule has 2 N–H and O–H groups in total. The van der Waals surface area contributed by atoms with Crippen molar-refractivity contribution in [2.75, 3.05) is 25.1 Å². The van der Waals surface area contributed by atoms with E-state index in [-0.39, 0.29) is 17.2 Å². The predicted molar refractivity (Wildman–Crippen MR) is 112 cm³/mol. The van der Waals surface area contributed by atoms with Gasteiger partial charge in [-0.05, 0) is 43.2 Å². The zero-order valence-electron chi connectivity index (χ0n) is 17.1. The van der Waals surface area contributed by atoms with Crippen LogP contribution in [0.1, 0.15) is 52.2 Å². The summed E-state index contributed by atoms with van der Waals surface area (Å²) in [6.07, 6.45) is 2.71. The van der Waals surface area contributed by atoms with Crippen molar-refractivity contribution in [2.24, 2.45) is 4.99 Å². The van der Waals surface area contributed by atoms with Crippen molar-refractivity contribution in [3.63, 3.8) is 0 Å². The number of benzene rings is 1. The summed E-state index contributed by atoms with van der Waals surface area (Å²) in [4.78, 5) is 4.61. The highest BCUT2D eigenvalue weighted by molar-refractivity contribution is 7.90. The third-order valence-electron chi connectivity index (χ3n) is 4.14. The summed E-state index contributed by atoms with van der Waals surface area (Å²) in [6.45, 7) is 12.1. The van der Waals surface area contributed by atoms with Crippen LogP contribution in [0.3, 0.4) is 0 Å². The average Bonchev–Trinajstić information content (AvgIpc) is 2.52. The van der Waals surface area contributed by atoms with E-state index in [1.54, 1.807) is 0 Å². The Hall–Kier alpha value is -1.56. The molecule has 1 atom stereocenters.